The number of amides is 1. The highest BCUT2D eigenvalue weighted by Gasteiger charge is 2.26. The Kier molecular flexibility index (Phi) is 4.81. The maximum Gasteiger partial charge on any atom is 0.255 e. The smallest absolute Gasteiger partial charge is 0.255 e. The van der Waals surface area contributed by atoms with Gasteiger partial charge in [-0.05, 0) is 24.3 Å². The van der Waals surface area contributed by atoms with E-state index < -0.39 is 6.10 Å². The van der Waals surface area contributed by atoms with Gasteiger partial charge >= 0.3 is 0 Å². The van der Waals surface area contributed by atoms with Crippen molar-refractivity contribution in [3.8, 4) is 5.75 Å². The topological polar surface area (TPSA) is 75.6 Å². The van der Waals surface area contributed by atoms with Crippen LogP contribution in [0.4, 0.5) is 0 Å². The third-order valence-corrected chi connectivity index (χ3v) is 4.65. The molecule has 1 aliphatic rings. The van der Waals surface area contributed by atoms with Crippen molar-refractivity contribution in [2.45, 2.75) is 37.8 Å². The molecule has 1 aliphatic carbocycles. The molecular formula is C19H21NO4. The Morgan fingerprint density at radius 1 is 1.25 bits per heavy atom. The van der Waals surface area contributed by atoms with Crippen LogP contribution in [0.3, 0.4) is 0 Å². The molecule has 2 aromatic carbocycles. The highest BCUT2D eigenvalue weighted by Crippen LogP contribution is 2.32. The van der Waals surface area contributed by atoms with E-state index in [0.717, 1.165) is 36.3 Å². The van der Waals surface area contributed by atoms with E-state index in [9.17, 15) is 14.7 Å². The van der Waals surface area contributed by atoms with Crippen LogP contribution in [0.15, 0.2) is 30.3 Å². The number of nitrogens with one attached hydrogen (secondary N) is 1. The maximum atomic E-state index is 12.7. The zero-order chi connectivity index (χ0) is 17.1. The molecular weight excluding hydrogens is 306 g/mol. The number of hydrogen-bond acceptors (Lipinski definition) is 4. The molecule has 1 fully saturated rings. The van der Waals surface area contributed by atoms with Crippen LogP contribution in [-0.2, 0) is 0 Å². The van der Waals surface area contributed by atoms with Crippen LogP contribution in [0, 0.1) is 0 Å². The van der Waals surface area contributed by atoms with Gasteiger partial charge in [-0.2, -0.15) is 0 Å². The molecule has 2 atom stereocenters. The van der Waals surface area contributed by atoms with E-state index >= 15 is 0 Å². The number of aliphatic hydroxyl groups is 1. The first-order valence-corrected chi connectivity index (χ1v) is 8.19. The molecule has 0 spiro atoms. The number of carbonyl (C=O) groups is 2. The minimum Gasteiger partial charge on any atom is -0.495 e. The molecule has 0 aliphatic heterocycles. The second kappa shape index (κ2) is 7.01. The van der Waals surface area contributed by atoms with Gasteiger partial charge in [0.2, 0.25) is 0 Å². The highest BCUT2D eigenvalue weighted by atomic mass is 16.5. The third-order valence-electron chi connectivity index (χ3n) is 4.65. The van der Waals surface area contributed by atoms with Crippen LogP contribution >= 0.6 is 0 Å². The summed E-state index contributed by atoms with van der Waals surface area (Å²) in [6, 6.07) is 8.63. The molecule has 0 unspecified atom stereocenters. The fourth-order valence-electron chi connectivity index (χ4n) is 3.39. The summed E-state index contributed by atoms with van der Waals surface area (Å²) in [7, 11) is 1.51. The summed E-state index contributed by atoms with van der Waals surface area (Å²) in [5.74, 6) is 0.116. The van der Waals surface area contributed by atoms with Crippen LogP contribution in [0.2, 0.25) is 0 Å². The number of ether oxygens (including phenoxy) is 1. The Morgan fingerprint density at radius 3 is 2.62 bits per heavy atom. The van der Waals surface area contributed by atoms with Gasteiger partial charge < -0.3 is 15.2 Å². The lowest BCUT2D eigenvalue weighted by molar-refractivity contribution is 0.0715. The second-order valence-corrected chi connectivity index (χ2v) is 6.14. The number of hydrogen-bond donors (Lipinski definition) is 2. The van der Waals surface area contributed by atoms with Crippen LogP contribution in [0.25, 0.3) is 10.8 Å². The summed E-state index contributed by atoms with van der Waals surface area (Å²) >= 11 is 0. The van der Waals surface area contributed by atoms with E-state index in [-0.39, 0.29) is 11.9 Å². The molecule has 0 heterocycles. The zero-order valence-corrected chi connectivity index (χ0v) is 13.6. The first-order chi connectivity index (χ1) is 11.7. The SMILES string of the molecule is COc1c(C(=O)N[C@H]2CCCC[C@@H]2O)cc(C=O)c2ccccc12. The van der Waals surface area contributed by atoms with Gasteiger partial charge in [0.05, 0.1) is 24.8 Å². The van der Waals surface area contributed by atoms with E-state index in [0.29, 0.717) is 23.3 Å². The van der Waals surface area contributed by atoms with Crippen LogP contribution < -0.4 is 10.1 Å². The first-order valence-electron chi connectivity index (χ1n) is 8.19. The summed E-state index contributed by atoms with van der Waals surface area (Å²) in [6.07, 6.45) is 3.62. The van der Waals surface area contributed by atoms with E-state index in [1.54, 1.807) is 6.07 Å². The molecule has 2 aromatic rings. The molecule has 0 aromatic heterocycles. The van der Waals surface area contributed by atoms with Crippen LogP contribution in [-0.4, -0.2) is 36.6 Å². The van der Waals surface area contributed by atoms with Crippen molar-refractivity contribution in [3.63, 3.8) is 0 Å². The average molecular weight is 327 g/mol. The molecule has 1 amide bonds. The van der Waals surface area contributed by atoms with Crippen molar-refractivity contribution in [3.05, 3.63) is 41.5 Å². The minimum absolute atomic E-state index is 0.262. The molecule has 0 bridgehead atoms. The van der Waals surface area contributed by atoms with Crippen molar-refractivity contribution in [2.75, 3.05) is 7.11 Å². The van der Waals surface area contributed by atoms with Crippen molar-refractivity contribution in [1.82, 2.24) is 5.32 Å². The number of aldehydes is 1. The van der Waals surface area contributed by atoms with Gasteiger partial charge in [-0.25, -0.2) is 0 Å². The lowest BCUT2D eigenvalue weighted by Gasteiger charge is -2.28. The Labute approximate surface area is 140 Å². The fourth-order valence-corrected chi connectivity index (χ4v) is 3.39. The quantitative estimate of drug-likeness (QED) is 0.847. The number of rotatable bonds is 4. The van der Waals surface area contributed by atoms with Gasteiger partial charge in [0.15, 0.2) is 6.29 Å². The van der Waals surface area contributed by atoms with Crippen LogP contribution in [0.5, 0.6) is 5.75 Å². The zero-order valence-electron chi connectivity index (χ0n) is 13.6. The lowest BCUT2D eigenvalue weighted by Crippen LogP contribution is -2.45. The summed E-state index contributed by atoms with van der Waals surface area (Å²) in [5, 5.41) is 14.4. The number of benzene rings is 2. The molecule has 1 saturated carbocycles. The predicted molar refractivity (Wildman–Crippen MR) is 91.6 cm³/mol. The van der Waals surface area contributed by atoms with Crippen LogP contribution in [0.1, 0.15) is 46.4 Å². The molecule has 126 valence electrons. The average Bonchev–Trinajstić information content (AvgIpc) is 2.62. The number of methoxy groups -OCH3 is 1. The van der Waals surface area contributed by atoms with E-state index in [1.165, 1.54) is 7.11 Å². The lowest BCUT2D eigenvalue weighted by atomic mass is 9.92. The Morgan fingerprint density at radius 2 is 1.96 bits per heavy atom. The summed E-state index contributed by atoms with van der Waals surface area (Å²) in [5.41, 5.74) is 0.761. The number of fused-ring (bicyclic) bond motifs is 1. The molecule has 0 saturated heterocycles. The van der Waals surface area contributed by atoms with Gasteiger partial charge in [-0.3, -0.25) is 9.59 Å². The maximum absolute atomic E-state index is 12.7. The van der Waals surface area contributed by atoms with Crippen molar-refractivity contribution >= 4 is 23.0 Å². The predicted octanol–water partition coefficient (Wildman–Crippen LogP) is 2.69. The largest absolute Gasteiger partial charge is 0.495 e. The van der Waals surface area contributed by atoms with Gasteiger partial charge in [-0.15, -0.1) is 0 Å². The molecule has 3 rings (SSSR count). The van der Waals surface area contributed by atoms with E-state index in [1.807, 2.05) is 24.3 Å². The standard InChI is InChI=1S/C19H21NO4/c1-24-18-14-7-3-2-6-13(14)12(11-21)10-15(18)19(23)20-16-8-4-5-9-17(16)22/h2-3,6-7,10-11,16-17,22H,4-5,8-9H2,1H3,(H,20,23)/t16-,17-/m0/s1. The van der Waals surface area contributed by atoms with E-state index in [4.69, 9.17) is 4.74 Å². The van der Waals surface area contributed by atoms with Gasteiger partial charge in [-0.1, -0.05) is 37.1 Å². The van der Waals surface area contributed by atoms with Gasteiger partial charge in [0.1, 0.15) is 5.75 Å². The van der Waals surface area contributed by atoms with Crippen molar-refractivity contribution in [2.24, 2.45) is 0 Å². The highest BCUT2D eigenvalue weighted by molar-refractivity contribution is 6.09. The van der Waals surface area contributed by atoms with Gasteiger partial charge in [0.25, 0.3) is 5.91 Å². The Balaban J connectivity index is 2.01. The minimum atomic E-state index is -0.528. The molecule has 24 heavy (non-hydrogen) atoms. The molecule has 5 nitrogen and oxygen atoms in total. The molecule has 0 radical (unpaired) electrons. The normalized spacial score (nSPS) is 20.6. The van der Waals surface area contributed by atoms with E-state index in [2.05, 4.69) is 5.32 Å². The number of aliphatic hydroxyl groups excluding tert-OH is 1. The van der Waals surface area contributed by atoms with Crippen molar-refractivity contribution in [1.29, 1.82) is 0 Å². The van der Waals surface area contributed by atoms with Crippen molar-refractivity contribution < 1.29 is 19.4 Å². The monoisotopic (exact) mass is 327 g/mol. The Hall–Kier alpha value is -2.40. The molecule has 2 N–H and O–H groups in total. The van der Waals surface area contributed by atoms with Gasteiger partial charge in [0, 0.05) is 10.9 Å². The summed E-state index contributed by atoms with van der Waals surface area (Å²) in [4.78, 5) is 24.2. The first kappa shape index (κ1) is 16.5. The number of carbonyl (C=O) groups excluding carboxylic acids is 2. The fraction of sp³-hybridized carbons (Fsp3) is 0.368. The Bertz CT molecular complexity index is 771. The second-order valence-electron chi connectivity index (χ2n) is 6.14. The summed E-state index contributed by atoms with van der Waals surface area (Å²) < 4.78 is 5.46. The summed E-state index contributed by atoms with van der Waals surface area (Å²) in [6.45, 7) is 0. The molecule has 5 heteroatoms. The third kappa shape index (κ3) is 2.99.